The second kappa shape index (κ2) is 8.75. The molecule has 0 aliphatic heterocycles. The van der Waals surface area contributed by atoms with E-state index in [0.29, 0.717) is 5.69 Å². The van der Waals surface area contributed by atoms with Crippen molar-refractivity contribution < 1.29 is 18.1 Å². The van der Waals surface area contributed by atoms with E-state index in [4.69, 9.17) is 0 Å². The molecule has 8 nitrogen and oxygen atoms in total. The summed E-state index contributed by atoms with van der Waals surface area (Å²) in [7, 11) is -4.08. The molecule has 0 aliphatic carbocycles. The molecular formula is C21H19N3O5S. The van der Waals surface area contributed by atoms with Gasteiger partial charge in [-0.1, -0.05) is 35.9 Å². The van der Waals surface area contributed by atoms with Gasteiger partial charge in [-0.25, -0.2) is 8.42 Å². The van der Waals surface area contributed by atoms with E-state index in [1.807, 2.05) is 19.1 Å². The molecule has 0 bridgehead atoms. The fourth-order valence-corrected chi connectivity index (χ4v) is 4.19. The van der Waals surface area contributed by atoms with Gasteiger partial charge in [-0.2, -0.15) is 0 Å². The summed E-state index contributed by atoms with van der Waals surface area (Å²) in [6.45, 7) is 1.41. The molecule has 0 heterocycles. The summed E-state index contributed by atoms with van der Waals surface area (Å²) < 4.78 is 27.3. The zero-order valence-corrected chi connectivity index (χ0v) is 16.9. The lowest BCUT2D eigenvalue weighted by atomic mass is 10.2. The number of hydrogen-bond acceptors (Lipinski definition) is 5. The largest absolute Gasteiger partial charge is 0.325 e. The number of nitro groups is 1. The molecule has 0 saturated carbocycles. The van der Waals surface area contributed by atoms with E-state index in [-0.39, 0.29) is 16.3 Å². The Kier molecular flexibility index (Phi) is 6.12. The van der Waals surface area contributed by atoms with Crippen LogP contribution in [0, 0.1) is 17.0 Å². The highest BCUT2D eigenvalue weighted by molar-refractivity contribution is 7.92. The van der Waals surface area contributed by atoms with E-state index in [0.717, 1.165) is 9.87 Å². The number of non-ortho nitro benzene ring substituents is 1. The Morgan fingerprint density at radius 1 is 0.967 bits per heavy atom. The van der Waals surface area contributed by atoms with Crippen molar-refractivity contribution in [1.29, 1.82) is 0 Å². The van der Waals surface area contributed by atoms with E-state index in [1.165, 1.54) is 36.4 Å². The highest BCUT2D eigenvalue weighted by Crippen LogP contribution is 2.26. The Balaban J connectivity index is 1.93. The van der Waals surface area contributed by atoms with E-state index in [2.05, 4.69) is 5.32 Å². The van der Waals surface area contributed by atoms with Crippen molar-refractivity contribution in [1.82, 2.24) is 0 Å². The van der Waals surface area contributed by atoms with Crippen LogP contribution in [0.4, 0.5) is 17.1 Å². The summed E-state index contributed by atoms with van der Waals surface area (Å²) in [6, 6.07) is 19.8. The van der Waals surface area contributed by atoms with Crippen LogP contribution < -0.4 is 9.62 Å². The Hall–Kier alpha value is -3.72. The monoisotopic (exact) mass is 425 g/mol. The maximum Gasteiger partial charge on any atom is 0.269 e. The molecule has 154 valence electrons. The number of benzene rings is 3. The highest BCUT2D eigenvalue weighted by Gasteiger charge is 2.27. The van der Waals surface area contributed by atoms with E-state index in [9.17, 15) is 23.3 Å². The van der Waals surface area contributed by atoms with Gasteiger partial charge in [-0.15, -0.1) is 0 Å². The van der Waals surface area contributed by atoms with Crippen molar-refractivity contribution in [3.8, 4) is 0 Å². The Bertz CT molecular complexity index is 1150. The van der Waals surface area contributed by atoms with Gasteiger partial charge in [0.2, 0.25) is 5.91 Å². The number of amides is 1. The number of rotatable bonds is 7. The molecule has 0 unspecified atom stereocenters. The molecule has 0 radical (unpaired) electrons. The van der Waals surface area contributed by atoms with Crippen molar-refractivity contribution in [3.05, 3.63) is 94.5 Å². The van der Waals surface area contributed by atoms with Crippen molar-refractivity contribution in [2.45, 2.75) is 11.8 Å². The van der Waals surface area contributed by atoms with Gasteiger partial charge in [-0.05, 0) is 43.3 Å². The predicted octanol–water partition coefficient (Wildman–Crippen LogP) is 3.74. The van der Waals surface area contributed by atoms with Crippen LogP contribution in [0.2, 0.25) is 0 Å². The normalized spacial score (nSPS) is 11.0. The second-order valence-corrected chi connectivity index (χ2v) is 8.37. The molecule has 1 amide bonds. The molecule has 30 heavy (non-hydrogen) atoms. The third-order valence-corrected chi connectivity index (χ3v) is 6.09. The van der Waals surface area contributed by atoms with E-state index >= 15 is 0 Å². The molecule has 0 aromatic heterocycles. The standard InChI is InChI=1S/C21H19N3O5S/c1-16-7-9-17(10-8-16)22-21(25)15-23(18-11-13-19(14-12-18)24(26)27)30(28,29)20-5-3-2-4-6-20/h2-14H,15H2,1H3,(H,22,25). The van der Waals surface area contributed by atoms with Crippen molar-refractivity contribution in [2.24, 2.45) is 0 Å². The number of nitrogens with one attached hydrogen (secondary N) is 1. The smallest absolute Gasteiger partial charge is 0.269 e. The topological polar surface area (TPSA) is 110 Å². The minimum absolute atomic E-state index is 0.00601. The SMILES string of the molecule is Cc1ccc(NC(=O)CN(c2ccc([N+](=O)[O-])cc2)S(=O)(=O)c2ccccc2)cc1. The number of anilines is 2. The fourth-order valence-electron chi connectivity index (χ4n) is 2.74. The molecule has 0 atom stereocenters. The Morgan fingerprint density at radius 2 is 1.57 bits per heavy atom. The van der Waals surface area contributed by atoms with Crippen LogP contribution in [0.15, 0.2) is 83.8 Å². The molecule has 0 aliphatic rings. The summed E-state index contributed by atoms with van der Waals surface area (Å²) in [5, 5.41) is 13.6. The van der Waals surface area contributed by atoms with Crippen molar-refractivity contribution in [3.63, 3.8) is 0 Å². The lowest BCUT2D eigenvalue weighted by Gasteiger charge is -2.24. The molecule has 1 N–H and O–H groups in total. The first-order valence-corrected chi connectivity index (χ1v) is 10.4. The number of aryl methyl sites for hydroxylation is 1. The molecule has 3 aromatic carbocycles. The molecular weight excluding hydrogens is 406 g/mol. The summed E-state index contributed by atoms with van der Waals surface area (Å²) in [6.07, 6.45) is 0. The third kappa shape index (κ3) is 4.81. The molecule has 0 saturated heterocycles. The Labute approximate surface area is 174 Å². The second-order valence-electron chi connectivity index (χ2n) is 6.51. The quantitative estimate of drug-likeness (QED) is 0.458. The summed E-state index contributed by atoms with van der Waals surface area (Å²) in [5.41, 5.74) is 1.52. The Morgan fingerprint density at radius 3 is 2.13 bits per heavy atom. The van der Waals surface area contributed by atoms with Gasteiger partial charge in [-0.3, -0.25) is 19.2 Å². The lowest BCUT2D eigenvalue weighted by Crippen LogP contribution is -2.38. The maximum absolute atomic E-state index is 13.2. The van der Waals surface area contributed by atoms with Crippen LogP contribution >= 0.6 is 0 Å². The molecule has 3 aromatic rings. The summed E-state index contributed by atoms with van der Waals surface area (Å²) in [5.74, 6) is -0.545. The molecule has 9 heteroatoms. The van der Waals surface area contributed by atoms with Crippen molar-refractivity contribution >= 4 is 33.0 Å². The van der Waals surface area contributed by atoms with Crippen LogP contribution in [0.1, 0.15) is 5.56 Å². The predicted molar refractivity (Wildman–Crippen MR) is 114 cm³/mol. The summed E-state index contributed by atoms with van der Waals surface area (Å²) >= 11 is 0. The van der Waals surface area contributed by atoms with Gasteiger partial charge in [0.1, 0.15) is 6.54 Å². The summed E-state index contributed by atoms with van der Waals surface area (Å²) in [4.78, 5) is 23.0. The number of carbonyl (C=O) groups excluding carboxylic acids is 1. The van der Waals surface area contributed by atoms with Crippen LogP contribution in [-0.4, -0.2) is 25.8 Å². The maximum atomic E-state index is 13.2. The first-order chi connectivity index (χ1) is 14.3. The molecule has 3 rings (SSSR count). The van der Waals surface area contributed by atoms with Gasteiger partial charge in [0, 0.05) is 17.8 Å². The fraction of sp³-hybridized carbons (Fsp3) is 0.0952. The van der Waals surface area contributed by atoms with Gasteiger partial charge in [0.25, 0.3) is 15.7 Å². The lowest BCUT2D eigenvalue weighted by molar-refractivity contribution is -0.384. The average Bonchev–Trinajstić information content (AvgIpc) is 2.74. The number of nitro benzene ring substituents is 1. The number of carbonyl (C=O) groups is 1. The molecule has 0 fully saturated rings. The minimum atomic E-state index is -4.08. The van der Waals surface area contributed by atoms with Gasteiger partial charge in [0.05, 0.1) is 15.5 Å². The number of hydrogen-bond donors (Lipinski definition) is 1. The van der Waals surface area contributed by atoms with E-state index in [1.54, 1.807) is 30.3 Å². The molecule has 0 spiro atoms. The van der Waals surface area contributed by atoms with Crippen LogP contribution in [0.3, 0.4) is 0 Å². The van der Waals surface area contributed by atoms with Crippen LogP contribution in [0.25, 0.3) is 0 Å². The third-order valence-electron chi connectivity index (χ3n) is 4.30. The average molecular weight is 425 g/mol. The van der Waals surface area contributed by atoms with Crippen molar-refractivity contribution in [2.75, 3.05) is 16.2 Å². The minimum Gasteiger partial charge on any atom is -0.325 e. The number of sulfonamides is 1. The van der Waals surface area contributed by atoms with Crippen LogP contribution in [-0.2, 0) is 14.8 Å². The zero-order valence-electron chi connectivity index (χ0n) is 16.1. The van der Waals surface area contributed by atoms with Crippen LogP contribution in [0.5, 0.6) is 0 Å². The first-order valence-electron chi connectivity index (χ1n) is 8.96. The van der Waals surface area contributed by atoms with Gasteiger partial charge >= 0.3 is 0 Å². The van der Waals surface area contributed by atoms with E-state index < -0.39 is 27.4 Å². The number of nitrogens with zero attached hydrogens (tertiary/aromatic N) is 2. The first kappa shape index (κ1) is 21.0. The highest BCUT2D eigenvalue weighted by atomic mass is 32.2. The zero-order chi connectivity index (χ0) is 21.7. The van der Waals surface area contributed by atoms with Gasteiger partial charge < -0.3 is 5.32 Å². The van der Waals surface area contributed by atoms with Gasteiger partial charge in [0.15, 0.2) is 0 Å².